The average Bonchev–Trinajstić information content (AvgIpc) is 1.98. The zero-order valence-corrected chi connectivity index (χ0v) is 11.0. The summed E-state index contributed by atoms with van der Waals surface area (Å²) in [6.45, 7) is 13.5. The first-order chi connectivity index (χ1) is 6.35. The molecule has 0 aliphatic heterocycles. The minimum atomic E-state index is -1.01. The molecule has 0 rings (SSSR count). The van der Waals surface area contributed by atoms with E-state index in [1.165, 1.54) is 5.57 Å². The van der Waals surface area contributed by atoms with E-state index in [4.69, 9.17) is 5.11 Å². The van der Waals surface area contributed by atoms with Crippen molar-refractivity contribution in [2.45, 2.75) is 39.0 Å². The molecule has 0 fully saturated rings. The molecule has 0 spiro atoms. The quantitative estimate of drug-likeness (QED) is 0.528. The molecule has 0 aromatic rings. The second kappa shape index (κ2) is 6.20. The summed E-state index contributed by atoms with van der Waals surface area (Å²) < 4.78 is 0. The first kappa shape index (κ1) is 13.7. The Morgan fingerprint density at radius 1 is 1.43 bits per heavy atom. The highest BCUT2D eigenvalue weighted by Gasteiger charge is 2.12. The zero-order chi connectivity index (χ0) is 11.2. The van der Waals surface area contributed by atoms with Gasteiger partial charge in [0.15, 0.2) is 0 Å². The van der Waals surface area contributed by atoms with E-state index in [1.54, 1.807) is 0 Å². The van der Waals surface area contributed by atoms with Crippen LogP contribution in [0.15, 0.2) is 24.3 Å². The molecule has 0 aromatic carbocycles. The Morgan fingerprint density at radius 2 is 2.00 bits per heavy atom. The standard InChI is InChI=1S/C12H24OSi/c1-11(8-9-13)6-7-12(2)10-14(3,4)5/h6-7,11,13H,2,8-10H2,1,3-5H3/t11-/m0/s1. The van der Waals surface area contributed by atoms with Crippen molar-refractivity contribution >= 4 is 8.07 Å². The van der Waals surface area contributed by atoms with Crippen LogP contribution in [-0.4, -0.2) is 19.8 Å². The maximum absolute atomic E-state index is 8.74. The van der Waals surface area contributed by atoms with Gasteiger partial charge in [-0.1, -0.05) is 50.9 Å². The number of hydrogen-bond acceptors (Lipinski definition) is 1. The highest BCUT2D eigenvalue weighted by molar-refractivity contribution is 6.76. The van der Waals surface area contributed by atoms with E-state index < -0.39 is 8.07 Å². The SMILES string of the molecule is C=C(C=C[C@H](C)CCO)C[Si](C)(C)C. The van der Waals surface area contributed by atoms with Crippen LogP contribution in [0.4, 0.5) is 0 Å². The smallest absolute Gasteiger partial charge is 0.0486 e. The molecule has 0 radical (unpaired) electrons. The molecule has 0 bridgehead atoms. The first-order valence-electron chi connectivity index (χ1n) is 5.32. The van der Waals surface area contributed by atoms with Crippen LogP contribution in [0.3, 0.4) is 0 Å². The minimum absolute atomic E-state index is 0.270. The number of rotatable bonds is 6. The maximum Gasteiger partial charge on any atom is 0.0486 e. The predicted octanol–water partition coefficient (Wildman–Crippen LogP) is 3.46. The Morgan fingerprint density at radius 3 is 2.43 bits per heavy atom. The van der Waals surface area contributed by atoms with E-state index in [2.05, 4.69) is 45.3 Å². The summed E-state index contributed by atoms with van der Waals surface area (Å²) in [6, 6.07) is 1.16. The molecule has 0 unspecified atom stereocenters. The van der Waals surface area contributed by atoms with Crippen molar-refractivity contribution in [3.8, 4) is 0 Å². The van der Waals surface area contributed by atoms with Gasteiger partial charge in [-0.15, -0.1) is 0 Å². The fraction of sp³-hybridized carbons (Fsp3) is 0.667. The lowest BCUT2D eigenvalue weighted by atomic mass is 10.1. The third-order valence-corrected chi connectivity index (χ3v) is 3.52. The molecule has 0 amide bonds. The third kappa shape index (κ3) is 8.26. The van der Waals surface area contributed by atoms with Crippen LogP contribution in [0, 0.1) is 5.92 Å². The second-order valence-electron chi connectivity index (χ2n) is 5.24. The molecule has 0 aliphatic rings. The molecule has 82 valence electrons. The van der Waals surface area contributed by atoms with E-state index in [0.29, 0.717) is 5.92 Å². The minimum Gasteiger partial charge on any atom is -0.396 e. The van der Waals surface area contributed by atoms with Gasteiger partial charge in [0.1, 0.15) is 0 Å². The number of hydrogen-bond donors (Lipinski definition) is 1. The van der Waals surface area contributed by atoms with Crippen LogP contribution in [0.25, 0.3) is 0 Å². The zero-order valence-electron chi connectivity index (χ0n) is 10.0. The number of aliphatic hydroxyl groups is 1. The van der Waals surface area contributed by atoms with Gasteiger partial charge in [0.2, 0.25) is 0 Å². The largest absolute Gasteiger partial charge is 0.396 e. The molecule has 0 heterocycles. The van der Waals surface area contributed by atoms with Gasteiger partial charge < -0.3 is 5.11 Å². The van der Waals surface area contributed by atoms with E-state index in [1.807, 2.05) is 0 Å². The summed E-state index contributed by atoms with van der Waals surface area (Å²) in [5, 5.41) is 8.74. The van der Waals surface area contributed by atoms with Crippen molar-refractivity contribution in [2.75, 3.05) is 6.61 Å². The Kier molecular flexibility index (Phi) is 6.05. The van der Waals surface area contributed by atoms with Crippen LogP contribution in [0.5, 0.6) is 0 Å². The lowest BCUT2D eigenvalue weighted by Crippen LogP contribution is -2.19. The molecule has 0 aromatic heterocycles. The summed E-state index contributed by atoms with van der Waals surface area (Å²) in [5.41, 5.74) is 1.23. The topological polar surface area (TPSA) is 20.2 Å². The molecule has 2 heteroatoms. The van der Waals surface area contributed by atoms with Crippen LogP contribution in [0.2, 0.25) is 25.7 Å². The Labute approximate surface area is 89.5 Å². The molecular weight excluding hydrogens is 188 g/mol. The van der Waals surface area contributed by atoms with Gasteiger partial charge in [-0.3, -0.25) is 0 Å². The van der Waals surface area contributed by atoms with Crippen LogP contribution < -0.4 is 0 Å². The highest BCUT2D eigenvalue weighted by Crippen LogP contribution is 2.16. The lowest BCUT2D eigenvalue weighted by Gasteiger charge is -2.15. The molecule has 1 nitrogen and oxygen atoms in total. The van der Waals surface area contributed by atoms with E-state index in [9.17, 15) is 0 Å². The van der Waals surface area contributed by atoms with Crippen molar-refractivity contribution in [3.05, 3.63) is 24.3 Å². The summed E-state index contributed by atoms with van der Waals surface area (Å²) in [5.74, 6) is 0.457. The van der Waals surface area contributed by atoms with Gasteiger partial charge in [0, 0.05) is 14.7 Å². The molecule has 0 saturated heterocycles. The summed E-state index contributed by atoms with van der Waals surface area (Å²) in [6.07, 6.45) is 5.12. The third-order valence-electron chi connectivity index (χ3n) is 2.00. The van der Waals surface area contributed by atoms with E-state index in [-0.39, 0.29) is 6.61 Å². The molecule has 0 saturated carbocycles. The normalized spacial score (nSPS) is 14.6. The Bertz CT molecular complexity index is 201. The molecular formula is C12H24OSi. The molecule has 0 aliphatic carbocycles. The lowest BCUT2D eigenvalue weighted by molar-refractivity contribution is 0.274. The molecule has 14 heavy (non-hydrogen) atoms. The Hall–Kier alpha value is -0.343. The molecule has 1 N–H and O–H groups in total. The van der Waals surface area contributed by atoms with Gasteiger partial charge in [0.25, 0.3) is 0 Å². The van der Waals surface area contributed by atoms with E-state index >= 15 is 0 Å². The first-order valence-corrected chi connectivity index (χ1v) is 9.02. The van der Waals surface area contributed by atoms with Crippen molar-refractivity contribution in [1.82, 2.24) is 0 Å². The van der Waals surface area contributed by atoms with Crippen LogP contribution in [0.1, 0.15) is 13.3 Å². The van der Waals surface area contributed by atoms with Gasteiger partial charge in [-0.2, -0.15) is 0 Å². The number of aliphatic hydroxyl groups excluding tert-OH is 1. The molecule has 1 atom stereocenters. The van der Waals surface area contributed by atoms with Crippen LogP contribution >= 0.6 is 0 Å². The average molecular weight is 212 g/mol. The van der Waals surface area contributed by atoms with Crippen molar-refractivity contribution in [2.24, 2.45) is 5.92 Å². The van der Waals surface area contributed by atoms with Gasteiger partial charge in [-0.25, -0.2) is 0 Å². The van der Waals surface area contributed by atoms with Crippen molar-refractivity contribution in [3.63, 3.8) is 0 Å². The van der Waals surface area contributed by atoms with Gasteiger partial charge in [-0.05, 0) is 18.4 Å². The highest BCUT2D eigenvalue weighted by atomic mass is 28.3. The summed E-state index contributed by atoms with van der Waals surface area (Å²) in [4.78, 5) is 0. The van der Waals surface area contributed by atoms with Crippen molar-refractivity contribution < 1.29 is 5.11 Å². The van der Waals surface area contributed by atoms with Crippen LogP contribution in [-0.2, 0) is 0 Å². The maximum atomic E-state index is 8.74. The Balaban J connectivity index is 3.93. The predicted molar refractivity (Wildman–Crippen MR) is 67.3 cm³/mol. The van der Waals surface area contributed by atoms with Gasteiger partial charge >= 0.3 is 0 Å². The van der Waals surface area contributed by atoms with E-state index in [0.717, 1.165) is 12.5 Å². The number of allylic oxidation sites excluding steroid dienone is 3. The van der Waals surface area contributed by atoms with Crippen molar-refractivity contribution in [1.29, 1.82) is 0 Å². The second-order valence-corrected chi connectivity index (χ2v) is 10.7. The van der Waals surface area contributed by atoms with Gasteiger partial charge in [0.05, 0.1) is 0 Å². The fourth-order valence-electron chi connectivity index (χ4n) is 1.34. The fourth-order valence-corrected chi connectivity index (χ4v) is 2.82. The summed E-state index contributed by atoms with van der Waals surface area (Å²) >= 11 is 0. The summed E-state index contributed by atoms with van der Waals surface area (Å²) in [7, 11) is -1.01. The monoisotopic (exact) mass is 212 g/mol.